The first-order chi connectivity index (χ1) is 38.2. The number of nitrogens with one attached hydrogen (secondary N) is 1. The first-order valence-electron chi connectivity index (χ1n) is 31.9. The fourth-order valence-electron chi connectivity index (χ4n) is 9.45. The van der Waals surface area contributed by atoms with Crippen molar-refractivity contribution in [3.63, 3.8) is 0 Å². The van der Waals surface area contributed by atoms with Gasteiger partial charge in [-0.2, -0.15) is 0 Å². The Bertz CT molecular complexity index is 1590. The van der Waals surface area contributed by atoms with Crippen LogP contribution in [-0.2, 0) is 23.8 Å². The molecule has 1 rings (SSSR count). The average Bonchev–Trinajstić information content (AvgIpc) is 3.44. The number of hydrogen-bond donors (Lipinski definition) is 6. The molecule has 78 heavy (non-hydrogen) atoms. The Morgan fingerprint density at radius 3 is 1.42 bits per heavy atom. The van der Waals surface area contributed by atoms with E-state index in [2.05, 4.69) is 99.0 Å². The van der Waals surface area contributed by atoms with Crippen LogP contribution in [0.25, 0.3) is 0 Å². The molecule has 0 radical (unpaired) electrons. The molecule has 11 heteroatoms. The second-order valence-corrected chi connectivity index (χ2v) is 21.8. The largest absolute Gasteiger partial charge is 0.454 e. The summed E-state index contributed by atoms with van der Waals surface area (Å²) in [6.45, 7) is 5.71. The van der Waals surface area contributed by atoms with E-state index in [9.17, 15) is 35.1 Å². The average molecular weight is 1100 g/mol. The zero-order chi connectivity index (χ0) is 56.8. The van der Waals surface area contributed by atoms with Crippen molar-refractivity contribution in [2.75, 3.05) is 13.2 Å². The summed E-state index contributed by atoms with van der Waals surface area (Å²) >= 11 is 0. The molecule has 0 aliphatic carbocycles. The van der Waals surface area contributed by atoms with Crippen LogP contribution < -0.4 is 5.32 Å². The molecule has 8 atom stereocenters. The predicted molar refractivity (Wildman–Crippen MR) is 324 cm³/mol. The highest BCUT2D eigenvalue weighted by Gasteiger charge is 2.47. The topological polar surface area (TPSA) is 175 Å². The van der Waals surface area contributed by atoms with E-state index in [4.69, 9.17) is 14.2 Å². The van der Waals surface area contributed by atoms with Gasteiger partial charge in [0.05, 0.1) is 25.4 Å². The third-order valence-corrected chi connectivity index (χ3v) is 14.5. The van der Waals surface area contributed by atoms with Crippen LogP contribution in [0.5, 0.6) is 0 Å². The number of allylic oxidation sites excluding steroid dienone is 13. The lowest BCUT2D eigenvalue weighted by atomic mass is 9.99. The van der Waals surface area contributed by atoms with E-state index < -0.39 is 67.4 Å². The summed E-state index contributed by atoms with van der Waals surface area (Å²) in [5.41, 5.74) is 0. The van der Waals surface area contributed by atoms with Crippen LogP contribution in [0, 0.1) is 0 Å². The van der Waals surface area contributed by atoms with Crippen molar-refractivity contribution >= 4 is 11.9 Å². The number of aliphatic hydroxyl groups excluding tert-OH is 5. The molecule has 1 fully saturated rings. The molecule has 0 aromatic rings. The van der Waals surface area contributed by atoms with Crippen LogP contribution in [0.2, 0.25) is 0 Å². The zero-order valence-corrected chi connectivity index (χ0v) is 49.8. The number of unbranched alkanes of at least 4 members (excludes halogenated alkanes) is 28. The van der Waals surface area contributed by atoms with Gasteiger partial charge in [0.1, 0.15) is 24.4 Å². The molecule has 450 valence electrons. The van der Waals surface area contributed by atoms with Gasteiger partial charge in [-0.15, -0.1) is 0 Å². The summed E-state index contributed by atoms with van der Waals surface area (Å²) in [6.07, 6.45) is 60.4. The molecule has 1 aliphatic rings. The monoisotopic (exact) mass is 1100 g/mol. The molecule has 1 amide bonds. The molecule has 0 bridgehead atoms. The van der Waals surface area contributed by atoms with Crippen molar-refractivity contribution in [1.29, 1.82) is 0 Å². The van der Waals surface area contributed by atoms with Gasteiger partial charge in [-0.3, -0.25) is 9.59 Å². The van der Waals surface area contributed by atoms with Crippen molar-refractivity contribution in [3.8, 4) is 0 Å². The number of hydrogen-bond acceptors (Lipinski definition) is 10. The second kappa shape index (κ2) is 54.4. The summed E-state index contributed by atoms with van der Waals surface area (Å²) in [5.74, 6) is -1.22. The first kappa shape index (κ1) is 72.9. The minimum absolute atomic E-state index is 0.106. The summed E-state index contributed by atoms with van der Waals surface area (Å²) < 4.78 is 17.6. The Morgan fingerprint density at radius 2 is 0.923 bits per heavy atom. The molecule has 1 aliphatic heterocycles. The number of carbonyl (C=O) groups excluding carboxylic acids is 2. The highest BCUT2D eigenvalue weighted by Crippen LogP contribution is 2.26. The molecule has 11 nitrogen and oxygen atoms in total. The molecular formula is C67H117NO10. The molecular weight excluding hydrogens is 979 g/mol. The van der Waals surface area contributed by atoms with E-state index >= 15 is 0 Å². The lowest BCUT2D eigenvalue weighted by Crippen LogP contribution is -2.61. The fourth-order valence-corrected chi connectivity index (χ4v) is 9.45. The molecule has 8 unspecified atom stereocenters. The Morgan fingerprint density at radius 1 is 0.513 bits per heavy atom. The number of carbonyl (C=O) groups is 2. The predicted octanol–water partition coefficient (Wildman–Crippen LogP) is 15.3. The molecule has 0 saturated carbocycles. The standard InChI is InChI=1S/C67H117NO10/c1-4-7-10-13-16-19-22-25-27-28-29-30-31-32-33-35-36-39-42-45-48-51-54-60(71)66(75)68-58(59(70)53-50-47-44-41-38-24-21-18-15-12-9-6-3)57-76-67-65(64(74)63(73)61(56-69)77-67)78-62(72)55-52-49-46-43-40-37-34-26-23-20-17-14-11-8-5-2/h16-17,19-20,23,25-27,29-30,32-33,50,53,58-61,63-65,67,69-71,73-74H,4-15,18,21-22,24,28,31,34-49,51-52,54-57H2,1-3H3,(H,68,75)/b19-16-,20-17+,26-23+,27-25-,30-29-,33-32-,53-50+. The van der Waals surface area contributed by atoms with Crippen molar-refractivity contribution in [2.45, 2.75) is 314 Å². The molecule has 1 heterocycles. The number of rotatable bonds is 53. The number of esters is 1. The Hall–Kier alpha value is -3.16. The maximum Gasteiger partial charge on any atom is 0.306 e. The lowest BCUT2D eigenvalue weighted by molar-refractivity contribution is -0.305. The van der Waals surface area contributed by atoms with Crippen LogP contribution in [0.3, 0.4) is 0 Å². The van der Waals surface area contributed by atoms with Crippen LogP contribution in [0.4, 0.5) is 0 Å². The van der Waals surface area contributed by atoms with E-state index in [0.29, 0.717) is 12.8 Å². The quantitative estimate of drug-likeness (QED) is 0.0149. The van der Waals surface area contributed by atoms with Crippen molar-refractivity contribution in [2.24, 2.45) is 0 Å². The van der Waals surface area contributed by atoms with Crippen molar-refractivity contribution < 1.29 is 49.3 Å². The van der Waals surface area contributed by atoms with Gasteiger partial charge in [0.15, 0.2) is 12.4 Å². The van der Waals surface area contributed by atoms with Crippen molar-refractivity contribution in [1.82, 2.24) is 5.32 Å². The summed E-state index contributed by atoms with van der Waals surface area (Å²) in [4.78, 5) is 26.6. The Labute approximate surface area is 476 Å². The highest BCUT2D eigenvalue weighted by atomic mass is 16.7. The minimum atomic E-state index is -1.62. The zero-order valence-electron chi connectivity index (χ0n) is 49.8. The van der Waals surface area contributed by atoms with Gasteiger partial charge in [0.25, 0.3) is 0 Å². The van der Waals surface area contributed by atoms with E-state index in [0.717, 1.165) is 122 Å². The highest BCUT2D eigenvalue weighted by molar-refractivity contribution is 5.80. The van der Waals surface area contributed by atoms with E-state index in [1.807, 2.05) is 6.08 Å². The van der Waals surface area contributed by atoms with Gasteiger partial charge in [0, 0.05) is 6.42 Å². The van der Waals surface area contributed by atoms with Crippen LogP contribution in [0.15, 0.2) is 85.1 Å². The summed E-state index contributed by atoms with van der Waals surface area (Å²) in [6, 6.07) is -1.04. The lowest BCUT2D eigenvalue weighted by Gasteiger charge is -2.41. The molecule has 1 saturated heterocycles. The van der Waals surface area contributed by atoms with Crippen LogP contribution >= 0.6 is 0 Å². The van der Waals surface area contributed by atoms with Gasteiger partial charge in [-0.25, -0.2) is 0 Å². The summed E-state index contributed by atoms with van der Waals surface area (Å²) in [7, 11) is 0. The SMILES string of the molecule is CCCCC/C=C\C/C=C\C/C=C\C/C=C\CCCCCCCCC(O)C(=O)NC(COC1OC(CO)C(O)C(O)C1OC(=O)CCCCCCCC/C=C/C=C/CCCCC)C(O)/C=C/CCCCCCCCCCCC. The molecule has 0 spiro atoms. The Kier molecular flexibility index (Phi) is 50.8. The van der Waals surface area contributed by atoms with Gasteiger partial charge in [-0.1, -0.05) is 247 Å². The van der Waals surface area contributed by atoms with E-state index in [-0.39, 0.29) is 19.4 Å². The van der Waals surface area contributed by atoms with Gasteiger partial charge < -0.3 is 45.1 Å². The third kappa shape index (κ3) is 41.8. The molecule has 6 N–H and O–H groups in total. The normalized spacial score (nSPS) is 19.5. The smallest absolute Gasteiger partial charge is 0.306 e. The van der Waals surface area contributed by atoms with Gasteiger partial charge in [-0.05, 0) is 96.3 Å². The molecule has 0 aromatic heterocycles. The van der Waals surface area contributed by atoms with Crippen LogP contribution in [0.1, 0.15) is 265 Å². The first-order valence-corrected chi connectivity index (χ1v) is 31.9. The molecule has 0 aromatic carbocycles. The number of aliphatic hydroxyl groups is 5. The van der Waals surface area contributed by atoms with Crippen LogP contribution in [-0.4, -0.2) is 99.6 Å². The summed E-state index contributed by atoms with van der Waals surface area (Å²) in [5, 5.41) is 57.0. The third-order valence-electron chi connectivity index (χ3n) is 14.5. The maximum atomic E-state index is 13.4. The second-order valence-electron chi connectivity index (χ2n) is 21.8. The van der Waals surface area contributed by atoms with E-state index in [1.165, 1.54) is 96.3 Å². The van der Waals surface area contributed by atoms with Gasteiger partial charge in [0.2, 0.25) is 5.91 Å². The fraction of sp³-hybridized carbons (Fsp3) is 0.761. The van der Waals surface area contributed by atoms with Gasteiger partial charge >= 0.3 is 5.97 Å². The Balaban J connectivity index is 2.68. The van der Waals surface area contributed by atoms with E-state index in [1.54, 1.807) is 6.08 Å². The number of amides is 1. The number of ether oxygens (including phenoxy) is 3. The minimum Gasteiger partial charge on any atom is -0.454 e. The van der Waals surface area contributed by atoms with Crippen molar-refractivity contribution in [3.05, 3.63) is 85.1 Å². The maximum absolute atomic E-state index is 13.4.